The van der Waals surface area contributed by atoms with Gasteiger partial charge in [-0.05, 0) is 79.6 Å². The van der Waals surface area contributed by atoms with E-state index in [2.05, 4.69) is 26.0 Å². The van der Waals surface area contributed by atoms with E-state index in [1.54, 1.807) is 12.1 Å². The molecule has 1 heterocycles. The van der Waals surface area contributed by atoms with Crippen molar-refractivity contribution >= 4 is 17.5 Å². The van der Waals surface area contributed by atoms with Gasteiger partial charge in [-0.15, -0.1) is 0 Å². The van der Waals surface area contributed by atoms with Gasteiger partial charge in [0.2, 0.25) is 11.8 Å². The third kappa shape index (κ3) is 2.43. The lowest BCUT2D eigenvalue weighted by atomic mass is 9.85. The van der Waals surface area contributed by atoms with Gasteiger partial charge in [-0.3, -0.25) is 14.5 Å². The molecular formula is C23H21NO3. The molecule has 136 valence electrons. The molecule has 27 heavy (non-hydrogen) atoms. The number of fused-ring (bicyclic) bond motifs is 5. The van der Waals surface area contributed by atoms with Gasteiger partial charge in [-0.1, -0.05) is 18.2 Å². The number of hydrogen-bond acceptors (Lipinski definition) is 3. The second kappa shape index (κ2) is 5.81. The number of benzene rings is 2. The van der Waals surface area contributed by atoms with E-state index >= 15 is 0 Å². The number of aryl methyl sites for hydroxylation is 2. The number of nitrogens with zero attached hydrogens (tertiary/aromatic N) is 1. The van der Waals surface area contributed by atoms with Gasteiger partial charge in [0.15, 0.2) is 0 Å². The Morgan fingerprint density at radius 2 is 1.41 bits per heavy atom. The van der Waals surface area contributed by atoms with E-state index in [0.29, 0.717) is 11.4 Å². The largest absolute Gasteiger partial charge is 0.457 e. The molecule has 1 saturated heterocycles. The molecule has 2 amide bonds. The number of imide groups is 1. The molecule has 2 aromatic carbocycles. The second-order valence-electron chi connectivity index (χ2n) is 7.85. The van der Waals surface area contributed by atoms with Crippen molar-refractivity contribution in [3.8, 4) is 11.5 Å². The molecule has 0 radical (unpaired) electrons. The predicted octanol–water partition coefficient (Wildman–Crippen LogP) is 4.41. The molecule has 1 aliphatic heterocycles. The minimum Gasteiger partial charge on any atom is -0.457 e. The van der Waals surface area contributed by atoms with Crippen LogP contribution in [-0.2, 0) is 9.59 Å². The van der Waals surface area contributed by atoms with E-state index in [4.69, 9.17) is 4.74 Å². The van der Waals surface area contributed by atoms with E-state index in [1.165, 1.54) is 16.0 Å². The van der Waals surface area contributed by atoms with Crippen LogP contribution < -0.4 is 9.64 Å². The molecule has 2 aliphatic carbocycles. The summed E-state index contributed by atoms with van der Waals surface area (Å²) in [5, 5.41) is 0. The summed E-state index contributed by atoms with van der Waals surface area (Å²) in [6, 6.07) is 13.2. The highest BCUT2D eigenvalue weighted by Gasteiger charge is 2.59. The SMILES string of the molecule is Cc1ccc(Oc2ccc(N3C(=O)[C@@H]4[C@H](C3=O)[C@H]3C=C[C@@H]4C3)cc2)cc1C. The minimum atomic E-state index is -0.168. The molecule has 4 atom stereocenters. The first-order valence-electron chi connectivity index (χ1n) is 9.44. The summed E-state index contributed by atoms with van der Waals surface area (Å²) in [7, 11) is 0. The van der Waals surface area contributed by atoms with Crippen molar-refractivity contribution in [3.63, 3.8) is 0 Å². The number of amides is 2. The van der Waals surface area contributed by atoms with Crippen LogP contribution in [0.5, 0.6) is 11.5 Å². The molecular weight excluding hydrogens is 338 g/mol. The molecule has 0 aromatic heterocycles. The van der Waals surface area contributed by atoms with Crippen LogP contribution in [0.3, 0.4) is 0 Å². The number of carbonyl (C=O) groups is 2. The average Bonchev–Trinajstić information content (AvgIpc) is 3.33. The highest BCUT2D eigenvalue weighted by atomic mass is 16.5. The summed E-state index contributed by atoms with van der Waals surface area (Å²) in [6.45, 7) is 4.11. The van der Waals surface area contributed by atoms with Crippen LogP contribution in [0.1, 0.15) is 17.5 Å². The Balaban J connectivity index is 1.37. The fourth-order valence-electron chi connectivity index (χ4n) is 4.73. The Morgan fingerprint density at radius 3 is 2.00 bits per heavy atom. The van der Waals surface area contributed by atoms with E-state index in [1.807, 2.05) is 30.3 Å². The molecule has 4 nitrogen and oxygen atoms in total. The normalized spacial score (nSPS) is 28.1. The molecule has 1 saturated carbocycles. The molecule has 0 unspecified atom stereocenters. The van der Waals surface area contributed by atoms with Gasteiger partial charge in [0.05, 0.1) is 17.5 Å². The Labute approximate surface area is 158 Å². The Hall–Kier alpha value is -2.88. The lowest BCUT2D eigenvalue weighted by Gasteiger charge is -2.17. The molecule has 4 heteroatoms. The van der Waals surface area contributed by atoms with Gasteiger partial charge in [-0.2, -0.15) is 0 Å². The monoisotopic (exact) mass is 359 g/mol. The first-order chi connectivity index (χ1) is 13.0. The Bertz CT molecular complexity index is 946. The van der Waals surface area contributed by atoms with Crippen LogP contribution in [0.15, 0.2) is 54.6 Å². The van der Waals surface area contributed by atoms with Crippen molar-refractivity contribution in [2.24, 2.45) is 23.7 Å². The summed E-state index contributed by atoms with van der Waals surface area (Å²) in [4.78, 5) is 27.1. The molecule has 0 N–H and O–H groups in total. The highest BCUT2D eigenvalue weighted by molar-refractivity contribution is 6.22. The molecule has 2 fully saturated rings. The summed E-state index contributed by atoms with van der Waals surface area (Å²) in [5.41, 5.74) is 3.02. The molecule has 0 spiro atoms. The number of anilines is 1. The average molecular weight is 359 g/mol. The van der Waals surface area contributed by atoms with Crippen LogP contribution in [0, 0.1) is 37.5 Å². The summed E-state index contributed by atoms with van der Waals surface area (Å²) in [6.07, 6.45) is 5.17. The van der Waals surface area contributed by atoms with E-state index in [0.717, 1.165) is 12.2 Å². The van der Waals surface area contributed by atoms with E-state index in [9.17, 15) is 9.59 Å². The van der Waals surface area contributed by atoms with Crippen LogP contribution in [0.25, 0.3) is 0 Å². The van der Waals surface area contributed by atoms with Crippen molar-refractivity contribution in [1.29, 1.82) is 0 Å². The minimum absolute atomic E-state index is 0.0512. The lowest BCUT2D eigenvalue weighted by molar-refractivity contribution is -0.123. The standard InChI is InChI=1S/C23H21NO3/c1-13-3-8-19(11-14(13)2)27-18-9-6-17(7-10-18)24-22(25)20-15-4-5-16(12-15)21(20)23(24)26/h3-11,15-16,20-21H,12H2,1-2H3/t15-,16+,20+,21-. The third-order valence-corrected chi connectivity index (χ3v) is 6.28. The summed E-state index contributed by atoms with van der Waals surface area (Å²) < 4.78 is 5.91. The highest BCUT2D eigenvalue weighted by Crippen LogP contribution is 2.53. The number of ether oxygens (including phenoxy) is 1. The molecule has 2 aromatic rings. The maximum absolute atomic E-state index is 12.9. The molecule has 3 aliphatic rings. The fourth-order valence-corrected chi connectivity index (χ4v) is 4.73. The van der Waals surface area contributed by atoms with E-state index in [-0.39, 0.29) is 35.5 Å². The molecule has 2 bridgehead atoms. The van der Waals surface area contributed by atoms with Gasteiger partial charge >= 0.3 is 0 Å². The predicted molar refractivity (Wildman–Crippen MR) is 103 cm³/mol. The second-order valence-corrected chi connectivity index (χ2v) is 7.85. The lowest BCUT2D eigenvalue weighted by Crippen LogP contribution is -2.32. The van der Waals surface area contributed by atoms with Crippen molar-refractivity contribution in [2.75, 3.05) is 4.90 Å². The zero-order valence-corrected chi connectivity index (χ0v) is 15.4. The third-order valence-electron chi connectivity index (χ3n) is 6.28. The maximum Gasteiger partial charge on any atom is 0.238 e. The smallest absolute Gasteiger partial charge is 0.238 e. The maximum atomic E-state index is 12.9. The van der Waals surface area contributed by atoms with Gasteiger partial charge in [0, 0.05) is 0 Å². The van der Waals surface area contributed by atoms with Crippen molar-refractivity contribution in [2.45, 2.75) is 20.3 Å². The quantitative estimate of drug-likeness (QED) is 0.602. The van der Waals surface area contributed by atoms with Crippen LogP contribution in [-0.4, -0.2) is 11.8 Å². The van der Waals surface area contributed by atoms with Gasteiger partial charge in [-0.25, -0.2) is 0 Å². The Morgan fingerprint density at radius 1 is 0.815 bits per heavy atom. The number of hydrogen-bond donors (Lipinski definition) is 0. The van der Waals surface area contributed by atoms with Crippen molar-refractivity contribution in [1.82, 2.24) is 0 Å². The number of rotatable bonds is 3. The van der Waals surface area contributed by atoms with Crippen LogP contribution in [0.2, 0.25) is 0 Å². The molecule has 5 rings (SSSR count). The Kier molecular flexibility index (Phi) is 3.51. The van der Waals surface area contributed by atoms with Gasteiger partial charge < -0.3 is 4.74 Å². The first-order valence-corrected chi connectivity index (χ1v) is 9.44. The van der Waals surface area contributed by atoms with Gasteiger partial charge in [0.1, 0.15) is 11.5 Å². The fraction of sp³-hybridized carbons (Fsp3) is 0.304. The summed E-state index contributed by atoms with van der Waals surface area (Å²) in [5.74, 6) is 1.48. The number of allylic oxidation sites excluding steroid dienone is 2. The summed E-state index contributed by atoms with van der Waals surface area (Å²) >= 11 is 0. The van der Waals surface area contributed by atoms with Crippen LogP contribution >= 0.6 is 0 Å². The zero-order valence-electron chi connectivity index (χ0n) is 15.4. The first kappa shape index (κ1) is 16.3. The van der Waals surface area contributed by atoms with Gasteiger partial charge in [0.25, 0.3) is 0 Å². The van der Waals surface area contributed by atoms with Crippen molar-refractivity contribution < 1.29 is 14.3 Å². The topological polar surface area (TPSA) is 46.6 Å². The van der Waals surface area contributed by atoms with E-state index < -0.39 is 0 Å². The number of carbonyl (C=O) groups excluding carboxylic acids is 2. The zero-order chi connectivity index (χ0) is 18.7. The van der Waals surface area contributed by atoms with Crippen molar-refractivity contribution in [3.05, 3.63) is 65.7 Å². The van der Waals surface area contributed by atoms with Crippen LogP contribution in [0.4, 0.5) is 5.69 Å².